The van der Waals surface area contributed by atoms with Crippen LogP contribution in [0.1, 0.15) is 46.1 Å². The summed E-state index contributed by atoms with van der Waals surface area (Å²) in [5.41, 5.74) is 2.30. The lowest BCUT2D eigenvalue weighted by atomic mass is 9.66. The third-order valence-electron chi connectivity index (χ3n) is 5.43. The second-order valence-electron chi connectivity index (χ2n) is 8.25. The molecule has 4 heteroatoms. The van der Waals surface area contributed by atoms with E-state index in [4.69, 9.17) is 18.9 Å². The van der Waals surface area contributed by atoms with Crippen molar-refractivity contribution in [3.63, 3.8) is 0 Å². The van der Waals surface area contributed by atoms with E-state index < -0.39 is 5.79 Å². The first kappa shape index (κ1) is 18.4. The molecule has 0 aromatic heterocycles. The van der Waals surface area contributed by atoms with Crippen LogP contribution in [-0.2, 0) is 20.8 Å². The maximum Gasteiger partial charge on any atom is 0.163 e. The van der Waals surface area contributed by atoms with E-state index in [1.807, 2.05) is 38.1 Å². The maximum atomic E-state index is 6.32. The lowest BCUT2D eigenvalue weighted by molar-refractivity contribution is -0.187. The van der Waals surface area contributed by atoms with Gasteiger partial charge < -0.3 is 18.9 Å². The minimum atomic E-state index is -0.493. The second kappa shape index (κ2) is 6.75. The van der Waals surface area contributed by atoms with Crippen molar-refractivity contribution in [3.05, 3.63) is 41.5 Å². The molecule has 0 amide bonds. The van der Waals surface area contributed by atoms with Crippen molar-refractivity contribution in [3.8, 4) is 5.75 Å². The Kier molecular flexibility index (Phi) is 4.97. The predicted octanol–water partition coefficient (Wildman–Crippen LogP) is 4.48. The molecule has 25 heavy (non-hydrogen) atoms. The van der Waals surface area contributed by atoms with E-state index >= 15 is 0 Å². The lowest BCUT2D eigenvalue weighted by Crippen LogP contribution is -2.50. The van der Waals surface area contributed by atoms with Gasteiger partial charge in [-0.3, -0.25) is 0 Å². The largest absolute Gasteiger partial charge is 0.497 e. The number of rotatable bonds is 5. The van der Waals surface area contributed by atoms with Gasteiger partial charge in [0.15, 0.2) is 5.79 Å². The number of hydrogen-bond donors (Lipinski definition) is 0. The topological polar surface area (TPSA) is 36.9 Å². The molecule has 1 heterocycles. The van der Waals surface area contributed by atoms with Gasteiger partial charge in [-0.05, 0) is 50.0 Å². The Morgan fingerprint density at radius 1 is 1.04 bits per heavy atom. The fourth-order valence-corrected chi connectivity index (χ4v) is 3.77. The van der Waals surface area contributed by atoms with Gasteiger partial charge in [0.1, 0.15) is 11.4 Å². The quantitative estimate of drug-likeness (QED) is 0.737. The normalized spacial score (nSPS) is 27.3. The van der Waals surface area contributed by atoms with Crippen LogP contribution in [0.4, 0.5) is 0 Å². The highest BCUT2D eigenvalue weighted by Gasteiger charge is 2.55. The molecule has 1 aromatic rings. The predicted molar refractivity (Wildman–Crippen MR) is 97.6 cm³/mol. The summed E-state index contributed by atoms with van der Waals surface area (Å²) in [6, 6.07) is 8.01. The molecule has 0 N–H and O–H groups in total. The molecule has 0 unspecified atom stereocenters. The van der Waals surface area contributed by atoms with Crippen LogP contribution in [0.3, 0.4) is 0 Å². The Hall–Kier alpha value is -1.36. The van der Waals surface area contributed by atoms with Crippen LogP contribution in [0.5, 0.6) is 5.75 Å². The van der Waals surface area contributed by atoms with Gasteiger partial charge in [0.05, 0.1) is 26.9 Å². The monoisotopic (exact) mass is 346 g/mol. The molecule has 1 fully saturated rings. The van der Waals surface area contributed by atoms with Crippen molar-refractivity contribution in [2.75, 3.05) is 20.3 Å². The number of benzene rings is 1. The highest BCUT2D eigenvalue weighted by Crippen LogP contribution is 2.51. The second-order valence-corrected chi connectivity index (χ2v) is 8.25. The summed E-state index contributed by atoms with van der Waals surface area (Å²) in [7, 11) is 1.68. The molecule has 0 saturated carbocycles. The molecule has 4 nitrogen and oxygen atoms in total. The molecule has 0 bridgehead atoms. The van der Waals surface area contributed by atoms with Crippen LogP contribution >= 0.6 is 0 Å². The molecular formula is C21H30O4. The Morgan fingerprint density at radius 3 is 2.32 bits per heavy atom. The average Bonchev–Trinajstić information content (AvgIpc) is 2.88. The molecule has 1 spiro atoms. The van der Waals surface area contributed by atoms with E-state index in [9.17, 15) is 0 Å². The van der Waals surface area contributed by atoms with Gasteiger partial charge in [-0.15, -0.1) is 0 Å². The molecule has 1 aliphatic heterocycles. The molecule has 1 atom stereocenters. The van der Waals surface area contributed by atoms with E-state index in [0.717, 1.165) is 24.2 Å². The number of hydrogen-bond acceptors (Lipinski definition) is 4. The minimum Gasteiger partial charge on any atom is -0.497 e. The molecule has 138 valence electrons. The van der Waals surface area contributed by atoms with Crippen molar-refractivity contribution in [1.29, 1.82) is 0 Å². The van der Waals surface area contributed by atoms with E-state index in [-0.39, 0.29) is 11.0 Å². The summed E-state index contributed by atoms with van der Waals surface area (Å²) in [5.74, 6) is 0.375. The molecule has 3 rings (SSSR count). The highest BCUT2D eigenvalue weighted by atomic mass is 16.8. The fourth-order valence-electron chi connectivity index (χ4n) is 3.77. The van der Waals surface area contributed by atoms with Crippen molar-refractivity contribution >= 4 is 0 Å². The fraction of sp³-hybridized carbons (Fsp3) is 0.619. The molecule has 1 aliphatic carbocycles. The Balaban J connectivity index is 1.56. The zero-order chi connectivity index (χ0) is 18.1. The van der Waals surface area contributed by atoms with Crippen LogP contribution in [-0.4, -0.2) is 31.7 Å². The van der Waals surface area contributed by atoms with Crippen molar-refractivity contribution < 1.29 is 18.9 Å². The van der Waals surface area contributed by atoms with Crippen molar-refractivity contribution in [2.45, 2.75) is 58.5 Å². The first-order chi connectivity index (χ1) is 11.8. The third kappa shape index (κ3) is 3.91. The SMILES string of the molecule is COc1ccc(COCC2=CC[C@@]3(COC(C)(C)O3)C(C)(C)C2)cc1. The minimum absolute atomic E-state index is 0.0221. The lowest BCUT2D eigenvalue weighted by Gasteiger charge is -2.46. The van der Waals surface area contributed by atoms with E-state index in [1.54, 1.807) is 7.11 Å². The van der Waals surface area contributed by atoms with Gasteiger partial charge in [0.2, 0.25) is 0 Å². The van der Waals surface area contributed by atoms with Crippen molar-refractivity contribution in [2.24, 2.45) is 5.41 Å². The maximum absolute atomic E-state index is 6.32. The first-order valence-corrected chi connectivity index (χ1v) is 8.98. The van der Waals surface area contributed by atoms with E-state index in [0.29, 0.717) is 19.8 Å². The van der Waals surface area contributed by atoms with Gasteiger partial charge in [-0.2, -0.15) is 0 Å². The van der Waals surface area contributed by atoms with Crippen molar-refractivity contribution in [1.82, 2.24) is 0 Å². The summed E-state index contributed by atoms with van der Waals surface area (Å²) in [6.07, 6.45) is 4.13. The first-order valence-electron chi connectivity index (χ1n) is 8.98. The van der Waals surface area contributed by atoms with Crippen LogP contribution < -0.4 is 4.74 Å². The molecule has 2 aliphatic rings. The summed E-state index contributed by atoms with van der Waals surface area (Å²) in [6.45, 7) is 10.5. The summed E-state index contributed by atoms with van der Waals surface area (Å²) in [5, 5.41) is 0. The Bertz CT molecular complexity index is 630. The third-order valence-corrected chi connectivity index (χ3v) is 5.43. The van der Waals surface area contributed by atoms with Crippen LogP contribution in [0.25, 0.3) is 0 Å². The van der Waals surface area contributed by atoms with Gasteiger partial charge in [0.25, 0.3) is 0 Å². The summed E-state index contributed by atoms with van der Waals surface area (Å²) in [4.78, 5) is 0. The number of methoxy groups -OCH3 is 1. The van der Waals surface area contributed by atoms with E-state index in [1.165, 1.54) is 5.57 Å². The Morgan fingerprint density at radius 2 is 1.76 bits per heavy atom. The zero-order valence-electron chi connectivity index (χ0n) is 16.1. The van der Waals surface area contributed by atoms with Gasteiger partial charge in [0, 0.05) is 5.41 Å². The summed E-state index contributed by atoms with van der Waals surface area (Å²) < 4.78 is 23.3. The number of ether oxygens (including phenoxy) is 4. The van der Waals surface area contributed by atoms with Crippen LogP contribution in [0.15, 0.2) is 35.9 Å². The van der Waals surface area contributed by atoms with E-state index in [2.05, 4.69) is 19.9 Å². The van der Waals surface area contributed by atoms with Crippen LogP contribution in [0.2, 0.25) is 0 Å². The molecule has 0 radical (unpaired) electrons. The molecular weight excluding hydrogens is 316 g/mol. The molecule has 1 saturated heterocycles. The van der Waals surface area contributed by atoms with Gasteiger partial charge >= 0.3 is 0 Å². The van der Waals surface area contributed by atoms with Crippen LogP contribution in [0, 0.1) is 5.41 Å². The highest BCUT2D eigenvalue weighted by molar-refractivity contribution is 5.26. The zero-order valence-corrected chi connectivity index (χ0v) is 16.1. The van der Waals surface area contributed by atoms with Gasteiger partial charge in [-0.1, -0.05) is 32.1 Å². The standard InChI is InChI=1S/C21H30O4/c1-19(2)12-17(10-11-21(19)15-24-20(3,4)25-21)14-23-13-16-6-8-18(22-5)9-7-16/h6-10H,11-15H2,1-5H3/t21-/m1/s1. The molecule has 1 aromatic carbocycles. The van der Waals surface area contributed by atoms with Gasteiger partial charge in [-0.25, -0.2) is 0 Å². The smallest absolute Gasteiger partial charge is 0.163 e. The summed E-state index contributed by atoms with van der Waals surface area (Å²) >= 11 is 0. The average molecular weight is 346 g/mol. The Labute approximate surface area is 151 Å².